The lowest BCUT2D eigenvalue weighted by molar-refractivity contribution is -0.132. The molecule has 4 nitrogen and oxygen atoms in total. The Hall–Kier alpha value is -2.05. The van der Waals surface area contributed by atoms with E-state index < -0.39 is 0 Å². The van der Waals surface area contributed by atoms with Gasteiger partial charge in [0.15, 0.2) is 0 Å². The average molecular weight is 455 g/mol. The minimum Gasteiger partial charge on any atom is -0.467 e. The number of piperidine rings is 1. The van der Waals surface area contributed by atoms with Gasteiger partial charge in [0.2, 0.25) is 5.91 Å². The predicted octanol–water partition coefficient (Wildman–Crippen LogP) is 6.03. The highest BCUT2D eigenvalue weighted by atomic mass is 32.2. The molecule has 2 aromatic carbocycles. The first-order valence-electron chi connectivity index (χ1n) is 11.0. The van der Waals surface area contributed by atoms with Crippen molar-refractivity contribution >= 4 is 39.2 Å². The Balaban J connectivity index is 1.30. The molecule has 1 aliphatic heterocycles. The van der Waals surface area contributed by atoms with Gasteiger partial charge in [-0.2, -0.15) is 0 Å². The maximum absolute atomic E-state index is 12.8. The third-order valence-electron chi connectivity index (χ3n) is 5.64. The van der Waals surface area contributed by atoms with E-state index in [1.165, 1.54) is 20.7 Å². The molecule has 0 unspecified atom stereocenters. The molecule has 0 saturated carbocycles. The smallest absolute Gasteiger partial charge is 0.274 e. The monoisotopic (exact) mass is 454 g/mol. The van der Waals surface area contributed by atoms with Crippen LogP contribution in [0, 0.1) is 13.8 Å². The van der Waals surface area contributed by atoms with Gasteiger partial charge < -0.3 is 9.64 Å². The first kappa shape index (κ1) is 22.2. The van der Waals surface area contributed by atoms with Gasteiger partial charge in [0, 0.05) is 36.1 Å². The van der Waals surface area contributed by atoms with Crippen LogP contribution in [0.3, 0.4) is 0 Å². The van der Waals surface area contributed by atoms with E-state index in [1.807, 2.05) is 16.7 Å². The van der Waals surface area contributed by atoms with Gasteiger partial charge in [-0.15, -0.1) is 11.8 Å². The van der Waals surface area contributed by atoms with Crippen LogP contribution in [-0.4, -0.2) is 40.2 Å². The summed E-state index contributed by atoms with van der Waals surface area (Å²) < 4.78 is 7.42. The Morgan fingerprint density at radius 2 is 1.81 bits per heavy atom. The summed E-state index contributed by atoms with van der Waals surface area (Å²) in [4.78, 5) is 20.7. The van der Waals surface area contributed by atoms with Crippen LogP contribution < -0.4 is 4.74 Å². The normalized spacial score (nSPS) is 15.1. The van der Waals surface area contributed by atoms with Gasteiger partial charge in [-0.1, -0.05) is 49.4 Å². The van der Waals surface area contributed by atoms with E-state index in [-0.39, 0.29) is 12.0 Å². The van der Waals surface area contributed by atoms with Crippen molar-refractivity contribution < 1.29 is 9.53 Å². The summed E-state index contributed by atoms with van der Waals surface area (Å²) in [7, 11) is 0. The van der Waals surface area contributed by atoms with Crippen LogP contribution >= 0.6 is 23.1 Å². The van der Waals surface area contributed by atoms with Gasteiger partial charge >= 0.3 is 0 Å². The van der Waals surface area contributed by atoms with Gasteiger partial charge in [-0.25, -0.2) is 4.98 Å². The molecule has 1 aliphatic rings. The Bertz CT molecular complexity index is 1010. The van der Waals surface area contributed by atoms with Crippen LogP contribution in [0.1, 0.15) is 43.4 Å². The summed E-state index contributed by atoms with van der Waals surface area (Å²) in [5.41, 5.74) is 4.55. The number of rotatable bonds is 6. The van der Waals surface area contributed by atoms with E-state index in [1.54, 1.807) is 11.3 Å². The van der Waals surface area contributed by atoms with Gasteiger partial charge in [0.05, 0.1) is 16.6 Å². The molecule has 0 bridgehead atoms. The molecule has 31 heavy (non-hydrogen) atoms. The van der Waals surface area contributed by atoms with Gasteiger partial charge in [-0.3, -0.25) is 4.79 Å². The molecule has 6 heteroatoms. The van der Waals surface area contributed by atoms with E-state index in [2.05, 4.69) is 64.1 Å². The number of hydrogen-bond donors (Lipinski definition) is 0. The number of thiazole rings is 1. The molecule has 1 fully saturated rings. The highest BCUT2D eigenvalue weighted by Gasteiger charge is 2.25. The van der Waals surface area contributed by atoms with Crippen LogP contribution in [-0.2, 0) is 11.2 Å². The van der Waals surface area contributed by atoms with E-state index in [0.29, 0.717) is 11.7 Å². The largest absolute Gasteiger partial charge is 0.467 e. The SMILES string of the molecule is Cc1ccc(C)c2sc(OC3CCN(C(=O)Cc4ccc(SC(C)C)cc4)CC3)nc12. The first-order chi connectivity index (χ1) is 14.9. The minimum absolute atomic E-state index is 0.123. The number of benzene rings is 2. The Morgan fingerprint density at radius 3 is 2.45 bits per heavy atom. The molecular weight excluding hydrogens is 424 g/mol. The Kier molecular flexibility index (Phi) is 6.87. The van der Waals surface area contributed by atoms with E-state index in [0.717, 1.165) is 42.2 Å². The van der Waals surface area contributed by atoms with Gasteiger partial charge in [0.1, 0.15) is 6.10 Å². The number of ether oxygens (including phenoxy) is 1. The van der Waals surface area contributed by atoms with Crippen LogP contribution in [0.25, 0.3) is 10.2 Å². The lowest BCUT2D eigenvalue weighted by Crippen LogP contribution is -2.42. The second-order valence-electron chi connectivity index (χ2n) is 8.54. The molecule has 1 amide bonds. The molecule has 2 heterocycles. The number of nitrogens with zero attached hydrogens (tertiary/aromatic N) is 2. The molecule has 3 aromatic rings. The van der Waals surface area contributed by atoms with Crippen molar-refractivity contribution in [1.29, 1.82) is 0 Å². The maximum atomic E-state index is 12.8. The Labute approximate surface area is 193 Å². The highest BCUT2D eigenvalue weighted by Crippen LogP contribution is 2.33. The zero-order valence-corrected chi connectivity index (χ0v) is 20.3. The molecule has 0 spiro atoms. The van der Waals surface area contributed by atoms with Crippen molar-refractivity contribution in [1.82, 2.24) is 9.88 Å². The summed E-state index contributed by atoms with van der Waals surface area (Å²) in [5, 5.41) is 1.31. The number of aryl methyl sites for hydroxylation is 2. The molecule has 0 aliphatic carbocycles. The second kappa shape index (κ2) is 9.61. The van der Waals surface area contributed by atoms with Crippen molar-refractivity contribution in [2.75, 3.05) is 13.1 Å². The van der Waals surface area contributed by atoms with Gasteiger partial charge in [-0.05, 0) is 42.7 Å². The van der Waals surface area contributed by atoms with Crippen molar-refractivity contribution in [3.05, 3.63) is 53.1 Å². The number of amides is 1. The third-order valence-corrected chi connectivity index (χ3v) is 7.73. The van der Waals surface area contributed by atoms with Crippen molar-refractivity contribution in [2.45, 2.75) is 63.2 Å². The third kappa shape index (κ3) is 5.42. The standard InChI is InChI=1S/C25H30N2O2S2/c1-16(2)30-21-9-7-19(8-10-21)15-22(28)27-13-11-20(12-14-27)29-25-26-23-17(3)5-6-18(4)24(23)31-25/h5-10,16,20H,11-15H2,1-4H3. The lowest BCUT2D eigenvalue weighted by Gasteiger charge is -2.31. The molecule has 0 atom stereocenters. The number of carbonyl (C=O) groups excluding carboxylic acids is 1. The highest BCUT2D eigenvalue weighted by molar-refractivity contribution is 7.99. The summed E-state index contributed by atoms with van der Waals surface area (Å²) >= 11 is 3.47. The fourth-order valence-corrected chi connectivity index (χ4v) is 5.77. The van der Waals surface area contributed by atoms with Crippen LogP contribution in [0.15, 0.2) is 41.3 Å². The summed E-state index contributed by atoms with van der Waals surface area (Å²) in [6, 6.07) is 12.6. The molecule has 1 aromatic heterocycles. The van der Waals surface area contributed by atoms with Gasteiger partial charge in [0.25, 0.3) is 5.19 Å². The predicted molar refractivity (Wildman–Crippen MR) is 130 cm³/mol. The van der Waals surface area contributed by atoms with Crippen LogP contribution in [0.5, 0.6) is 5.19 Å². The van der Waals surface area contributed by atoms with Crippen molar-refractivity contribution in [2.24, 2.45) is 0 Å². The molecule has 164 valence electrons. The second-order valence-corrected chi connectivity index (χ2v) is 11.2. The van der Waals surface area contributed by atoms with Crippen molar-refractivity contribution in [3.63, 3.8) is 0 Å². The summed E-state index contributed by atoms with van der Waals surface area (Å²) in [6.45, 7) is 10.1. The van der Waals surface area contributed by atoms with E-state index in [9.17, 15) is 4.79 Å². The summed E-state index contributed by atoms with van der Waals surface area (Å²) in [6.07, 6.45) is 2.29. The first-order valence-corrected chi connectivity index (χ1v) is 12.7. The zero-order valence-electron chi connectivity index (χ0n) is 18.7. The lowest BCUT2D eigenvalue weighted by atomic mass is 10.1. The molecule has 4 rings (SSSR count). The number of thioether (sulfide) groups is 1. The quantitative estimate of drug-likeness (QED) is 0.427. The summed E-state index contributed by atoms with van der Waals surface area (Å²) in [5.74, 6) is 0.203. The fraction of sp³-hybridized carbons (Fsp3) is 0.440. The molecule has 1 saturated heterocycles. The number of likely N-dealkylation sites (tertiary alicyclic amines) is 1. The number of carbonyl (C=O) groups is 1. The zero-order chi connectivity index (χ0) is 22.0. The molecular formula is C25H30N2O2S2. The molecule has 0 N–H and O–H groups in total. The minimum atomic E-state index is 0.123. The van der Waals surface area contributed by atoms with E-state index in [4.69, 9.17) is 9.72 Å². The van der Waals surface area contributed by atoms with E-state index >= 15 is 0 Å². The number of hydrogen-bond acceptors (Lipinski definition) is 5. The topological polar surface area (TPSA) is 42.4 Å². The van der Waals surface area contributed by atoms with Crippen LogP contribution in [0.4, 0.5) is 0 Å². The number of aromatic nitrogens is 1. The molecule has 0 radical (unpaired) electrons. The fourth-order valence-electron chi connectivity index (χ4n) is 3.90. The average Bonchev–Trinajstić information content (AvgIpc) is 3.17. The number of fused-ring (bicyclic) bond motifs is 1. The maximum Gasteiger partial charge on any atom is 0.274 e. The van der Waals surface area contributed by atoms with Crippen LogP contribution in [0.2, 0.25) is 0 Å². The van der Waals surface area contributed by atoms with Crippen molar-refractivity contribution in [3.8, 4) is 5.19 Å². The Morgan fingerprint density at radius 1 is 1.13 bits per heavy atom.